The summed E-state index contributed by atoms with van der Waals surface area (Å²) in [5.74, 6) is 1.24. The highest BCUT2D eigenvalue weighted by Crippen LogP contribution is 2.29. The van der Waals surface area contributed by atoms with Crippen molar-refractivity contribution in [3.63, 3.8) is 0 Å². The van der Waals surface area contributed by atoms with Gasteiger partial charge in [0, 0.05) is 46.8 Å². The van der Waals surface area contributed by atoms with Gasteiger partial charge in [0.1, 0.15) is 11.6 Å². The molecule has 29 heavy (non-hydrogen) atoms. The molecule has 2 N–H and O–H groups in total. The number of thioether (sulfide) groups is 1. The Kier molecular flexibility index (Phi) is 6.96. The van der Waals surface area contributed by atoms with Crippen LogP contribution in [-0.4, -0.2) is 21.4 Å². The van der Waals surface area contributed by atoms with Crippen LogP contribution in [0.15, 0.2) is 59.6 Å². The lowest BCUT2D eigenvalue weighted by Gasteiger charge is -2.12. The van der Waals surface area contributed by atoms with E-state index in [2.05, 4.69) is 27.5 Å². The Bertz CT molecular complexity index is 1000. The summed E-state index contributed by atoms with van der Waals surface area (Å²) in [7, 11) is 0. The zero-order valence-corrected chi connectivity index (χ0v) is 16.6. The minimum Gasteiger partial charge on any atom is -0.370 e. The number of halogens is 1. The molecule has 0 bridgehead atoms. The molecule has 7 nitrogen and oxygen atoms in total. The van der Waals surface area contributed by atoms with E-state index in [1.165, 1.54) is 30.0 Å². The number of nitrogens with one attached hydrogen (secondary N) is 2. The molecule has 0 unspecified atom stereocenters. The maximum absolute atomic E-state index is 13.4. The molecule has 0 fully saturated rings. The molecule has 1 heterocycles. The van der Waals surface area contributed by atoms with Gasteiger partial charge in [0.05, 0.1) is 4.92 Å². The largest absolute Gasteiger partial charge is 0.370 e. The zero-order valence-electron chi connectivity index (χ0n) is 15.8. The average molecular weight is 413 g/mol. The highest BCUT2D eigenvalue weighted by molar-refractivity contribution is 7.98. The summed E-state index contributed by atoms with van der Waals surface area (Å²) >= 11 is 1.47. The topological polar surface area (TPSA) is 93.0 Å². The maximum Gasteiger partial charge on any atom is 0.270 e. The Morgan fingerprint density at radius 1 is 1.21 bits per heavy atom. The number of rotatable bonds is 9. The fourth-order valence-electron chi connectivity index (χ4n) is 2.51. The first-order valence-electron chi connectivity index (χ1n) is 9.05. The average Bonchev–Trinajstić information content (AvgIpc) is 2.71. The van der Waals surface area contributed by atoms with Crippen LogP contribution in [0.5, 0.6) is 0 Å². The molecule has 3 rings (SSSR count). The minimum absolute atomic E-state index is 0.0604. The molecule has 0 saturated carbocycles. The highest BCUT2D eigenvalue weighted by Gasteiger charge is 2.10. The van der Waals surface area contributed by atoms with Gasteiger partial charge in [0.15, 0.2) is 0 Å². The van der Waals surface area contributed by atoms with Crippen molar-refractivity contribution in [3.05, 3.63) is 76.2 Å². The van der Waals surface area contributed by atoms with Gasteiger partial charge in [-0.05, 0) is 30.7 Å². The van der Waals surface area contributed by atoms with E-state index in [4.69, 9.17) is 0 Å². The SMILES string of the molecule is CCCNc1nc(Nc2cccc(F)c2)ncc1CSc1cccc([N+](=O)[O-])c1. The predicted octanol–water partition coefficient (Wildman–Crippen LogP) is 5.38. The van der Waals surface area contributed by atoms with E-state index in [0.717, 1.165) is 23.4 Å². The molecule has 2 aromatic carbocycles. The number of anilines is 3. The molecule has 1 aromatic heterocycles. The van der Waals surface area contributed by atoms with Crippen LogP contribution in [0.25, 0.3) is 0 Å². The lowest BCUT2D eigenvalue weighted by atomic mass is 10.3. The van der Waals surface area contributed by atoms with Gasteiger partial charge in [-0.3, -0.25) is 10.1 Å². The van der Waals surface area contributed by atoms with Crippen molar-refractivity contribution < 1.29 is 9.31 Å². The number of benzene rings is 2. The Morgan fingerprint density at radius 2 is 2.03 bits per heavy atom. The molecule has 3 aromatic rings. The van der Waals surface area contributed by atoms with E-state index in [1.54, 1.807) is 30.5 Å². The van der Waals surface area contributed by atoms with Gasteiger partial charge in [0.2, 0.25) is 5.95 Å². The number of nitro benzene ring substituents is 1. The highest BCUT2D eigenvalue weighted by atomic mass is 32.2. The lowest BCUT2D eigenvalue weighted by molar-refractivity contribution is -0.385. The molecular weight excluding hydrogens is 393 g/mol. The van der Waals surface area contributed by atoms with Crippen LogP contribution in [0, 0.1) is 15.9 Å². The van der Waals surface area contributed by atoms with Gasteiger partial charge in [-0.1, -0.05) is 19.1 Å². The van der Waals surface area contributed by atoms with Gasteiger partial charge in [-0.2, -0.15) is 4.98 Å². The van der Waals surface area contributed by atoms with Crippen LogP contribution in [0.2, 0.25) is 0 Å². The molecule has 0 radical (unpaired) electrons. The van der Waals surface area contributed by atoms with Gasteiger partial charge in [-0.15, -0.1) is 11.8 Å². The number of nitrogens with zero attached hydrogens (tertiary/aromatic N) is 3. The molecule has 150 valence electrons. The summed E-state index contributed by atoms with van der Waals surface area (Å²) in [6.45, 7) is 2.79. The summed E-state index contributed by atoms with van der Waals surface area (Å²) in [6, 6.07) is 12.6. The number of nitro groups is 1. The summed E-state index contributed by atoms with van der Waals surface area (Å²) in [5, 5.41) is 17.2. The monoisotopic (exact) mass is 413 g/mol. The quantitative estimate of drug-likeness (QED) is 0.276. The second kappa shape index (κ2) is 9.83. The van der Waals surface area contributed by atoms with Gasteiger partial charge in [-0.25, -0.2) is 9.37 Å². The molecule has 0 saturated heterocycles. The van der Waals surface area contributed by atoms with E-state index >= 15 is 0 Å². The van der Waals surface area contributed by atoms with Crippen LogP contribution >= 0.6 is 11.8 Å². The first-order valence-corrected chi connectivity index (χ1v) is 10.0. The molecule has 0 aliphatic rings. The first kappa shape index (κ1) is 20.5. The molecule has 0 spiro atoms. The summed E-state index contributed by atoms with van der Waals surface area (Å²) < 4.78 is 13.4. The molecule has 9 heteroatoms. The Balaban J connectivity index is 1.76. The summed E-state index contributed by atoms with van der Waals surface area (Å²) in [4.78, 5) is 20.2. The Morgan fingerprint density at radius 3 is 2.79 bits per heavy atom. The van der Waals surface area contributed by atoms with Crippen LogP contribution < -0.4 is 10.6 Å². The Hall–Kier alpha value is -3.20. The van der Waals surface area contributed by atoms with E-state index in [-0.39, 0.29) is 11.5 Å². The molecule has 0 amide bonds. The van der Waals surface area contributed by atoms with Crippen LogP contribution in [0.4, 0.5) is 27.5 Å². The van der Waals surface area contributed by atoms with E-state index in [0.29, 0.717) is 23.2 Å². The molecule has 0 atom stereocenters. The van der Waals surface area contributed by atoms with Crippen molar-refractivity contribution in [1.29, 1.82) is 0 Å². The van der Waals surface area contributed by atoms with Gasteiger partial charge < -0.3 is 10.6 Å². The maximum atomic E-state index is 13.4. The van der Waals surface area contributed by atoms with E-state index in [9.17, 15) is 14.5 Å². The fraction of sp³-hybridized carbons (Fsp3) is 0.200. The zero-order chi connectivity index (χ0) is 20.6. The lowest BCUT2D eigenvalue weighted by Crippen LogP contribution is -2.08. The van der Waals surface area contributed by atoms with Crippen molar-refractivity contribution in [3.8, 4) is 0 Å². The normalized spacial score (nSPS) is 10.6. The second-order valence-electron chi connectivity index (χ2n) is 6.17. The molecule has 0 aliphatic carbocycles. The fourth-order valence-corrected chi connectivity index (χ4v) is 3.42. The van der Waals surface area contributed by atoms with E-state index < -0.39 is 4.92 Å². The van der Waals surface area contributed by atoms with Crippen molar-refractivity contribution in [2.75, 3.05) is 17.2 Å². The van der Waals surface area contributed by atoms with Gasteiger partial charge >= 0.3 is 0 Å². The third-order valence-corrected chi connectivity index (χ3v) is 4.95. The number of hydrogen-bond donors (Lipinski definition) is 2. The standard InChI is InChI=1S/C20H20FN5O2S/c1-2-9-22-19-14(13-29-18-8-4-7-17(11-18)26(27)28)12-23-20(25-19)24-16-6-3-5-15(21)10-16/h3-8,10-12H,2,9,13H2,1H3,(H2,22,23,24,25). The minimum atomic E-state index is -0.408. The van der Waals surface area contributed by atoms with Crippen molar-refractivity contribution >= 4 is 34.9 Å². The van der Waals surface area contributed by atoms with E-state index in [1.807, 2.05) is 6.07 Å². The molecule has 0 aliphatic heterocycles. The number of aromatic nitrogens is 2. The predicted molar refractivity (Wildman–Crippen MR) is 113 cm³/mol. The van der Waals surface area contributed by atoms with Gasteiger partial charge in [0.25, 0.3) is 5.69 Å². The van der Waals surface area contributed by atoms with Crippen LogP contribution in [0.3, 0.4) is 0 Å². The smallest absolute Gasteiger partial charge is 0.270 e. The number of non-ortho nitro benzene ring substituents is 1. The van der Waals surface area contributed by atoms with Crippen molar-refractivity contribution in [1.82, 2.24) is 9.97 Å². The number of hydrogen-bond acceptors (Lipinski definition) is 7. The second-order valence-corrected chi connectivity index (χ2v) is 7.22. The van der Waals surface area contributed by atoms with Crippen LogP contribution in [0.1, 0.15) is 18.9 Å². The summed E-state index contributed by atoms with van der Waals surface area (Å²) in [5.41, 5.74) is 1.50. The molecular formula is C20H20FN5O2S. The van der Waals surface area contributed by atoms with Crippen LogP contribution in [-0.2, 0) is 5.75 Å². The Labute approximate surface area is 171 Å². The first-order chi connectivity index (χ1) is 14.0. The summed E-state index contributed by atoms with van der Waals surface area (Å²) in [6.07, 6.45) is 2.63. The third kappa shape index (κ3) is 5.89. The van der Waals surface area contributed by atoms with Crippen molar-refractivity contribution in [2.45, 2.75) is 24.0 Å². The third-order valence-electron chi connectivity index (χ3n) is 3.91. The van der Waals surface area contributed by atoms with Crippen molar-refractivity contribution in [2.24, 2.45) is 0 Å².